The third kappa shape index (κ3) is 1.76. The Kier molecular flexibility index (Phi) is 2.53. The highest BCUT2D eigenvalue weighted by Gasteiger charge is 2.56. The van der Waals surface area contributed by atoms with Crippen molar-refractivity contribution in [3.8, 4) is 11.5 Å². The molecule has 1 heterocycles. The van der Waals surface area contributed by atoms with Crippen molar-refractivity contribution in [2.24, 2.45) is 5.92 Å². The van der Waals surface area contributed by atoms with Crippen molar-refractivity contribution in [1.29, 1.82) is 0 Å². The van der Waals surface area contributed by atoms with Crippen LogP contribution in [0.25, 0.3) is 0 Å². The van der Waals surface area contributed by atoms with E-state index in [1.54, 1.807) is 12.1 Å². The third-order valence-corrected chi connectivity index (χ3v) is 5.21. The molecule has 98 valence electrons. The molecule has 0 aromatic heterocycles. The summed E-state index contributed by atoms with van der Waals surface area (Å²) in [5.41, 5.74) is 0.883. The number of sulfone groups is 1. The lowest BCUT2D eigenvalue weighted by Crippen LogP contribution is -2.08. The molecular weight excluding hydrogens is 256 g/mol. The molecule has 1 N–H and O–H groups in total. The van der Waals surface area contributed by atoms with Crippen LogP contribution in [0.4, 0.5) is 0 Å². The van der Waals surface area contributed by atoms with Crippen molar-refractivity contribution in [3.05, 3.63) is 23.8 Å². The number of hydrogen-bond donors (Lipinski definition) is 1. The van der Waals surface area contributed by atoms with Gasteiger partial charge in [-0.15, -0.1) is 0 Å². The fourth-order valence-electron chi connectivity index (χ4n) is 2.70. The average molecular weight is 270 g/mol. The largest absolute Gasteiger partial charge is 0.454 e. The van der Waals surface area contributed by atoms with E-state index >= 15 is 0 Å². The van der Waals surface area contributed by atoms with Gasteiger partial charge in [0.05, 0.1) is 5.25 Å². The van der Waals surface area contributed by atoms with Gasteiger partial charge in [0.25, 0.3) is 0 Å². The molecule has 0 radical (unpaired) electrons. The molecule has 0 spiro atoms. The molecule has 1 fully saturated rings. The summed E-state index contributed by atoms with van der Waals surface area (Å²) in [7, 11) is -3.13. The van der Waals surface area contributed by atoms with Gasteiger partial charge in [-0.05, 0) is 17.7 Å². The van der Waals surface area contributed by atoms with E-state index in [4.69, 9.17) is 9.47 Å². The molecule has 5 nitrogen and oxygen atoms in total. The summed E-state index contributed by atoms with van der Waals surface area (Å²) in [4.78, 5) is 0. The molecule has 0 amide bonds. The number of hydrogen-bond acceptors (Lipinski definition) is 5. The Hall–Kier alpha value is -1.27. The molecule has 1 aliphatic heterocycles. The van der Waals surface area contributed by atoms with Crippen LogP contribution >= 0.6 is 0 Å². The molecule has 3 atom stereocenters. The molecule has 1 aliphatic carbocycles. The molecule has 3 rings (SSSR count). The molecule has 0 bridgehead atoms. The second-order valence-corrected chi connectivity index (χ2v) is 6.98. The van der Waals surface area contributed by atoms with E-state index in [1.807, 2.05) is 6.07 Å². The zero-order chi connectivity index (χ0) is 12.9. The first-order valence-corrected chi connectivity index (χ1v) is 7.67. The summed E-state index contributed by atoms with van der Waals surface area (Å²) in [6.45, 7) is 0.0826. The lowest BCUT2D eigenvalue weighted by molar-refractivity contribution is 0.174. The van der Waals surface area contributed by atoms with E-state index in [0.717, 1.165) is 5.56 Å². The summed E-state index contributed by atoms with van der Waals surface area (Å²) in [5, 5.41) is 8.76. The number of aliphatic hydroxyl groups is 1. The summed E-state index contributed by atoms with van der Waals surface area (Å²) in [5.74, 6) is 0.971. The molecule has 1 aromatic carbocycles. The zero-order valence-electron chi connectivity index (χ0n) is 9.87. The molecule has 18 heavy (non-hydrogen) atoms. The Bertz CT molecular complexity index is 580. The topological polar surface area (TPSA) is 72.8 Å². The highest BCUT2D eigenvalue weighted by Crippen LogP contribution is 2.53. The van der Waals surface area contributed by atoms with Crippen molar-refractivity contribution < 1.29 is 23.0 Å². The number of benzene rings is 1. The van der Waals surface area contributed by atoms with Crippen molar-refractivity contribution in [3.63, 3.8) is 0 Å². The van der Waals surface area contributed by atoms with E-state index in [1.165, 1.54) is 6.26 Å². The summed E-state index contributed by atoms with van der Waals surface area (Å²) in [6, 6.07) is 5.43. The first-order valence-electron chi connectivity index (χ1n) is 5.71. The van der Waals surface area contributed by atoms with E-state index < -0.39 is 15.1 Å². The van der Waals surface area contributed by atoms with Crippen molar-refractivity contribution in [2.45, 2.75) is 11.2 Å². The predicted molar refractivity (Wildman–Crippen MR) is 64.5 cm³/mol. The molecular formula is C12H14O5S. The van der Waals surface area contributed by atoms with Gasteiger partial charge in [-0.1, -0.05) is 6.07 Å². The molecule has 2 aliphatic rings. The predicted octanol–water partition coefficient (Wildman–Crippen LogP) is 0.534. The van der Waals surface area contributed by atoms with Gasteiger partial charge in [-0.3, -0.25) is 0 Å². The van der Waals surface area contributed by atoms with Crippen molar-refractivity contribution in [2.75, 3.05) is 19.7 Å². The molecule has 6 heteroatoms. The zero-order valence-corrected chi connectivity index (χ0v) is 10.7. The second kappa shape index (κ2) is 3.86. The van der Waals surface area contributed by atoms with Gasteiger partial charge in [-0.25, -0.2) is 8.42 Å². The maximum atomic E-state index is 11.6. The van der Waals surface area contributed by atoms with Gasteiger partial charge in [-0.2, -0.15) is 0 Å². The molecule has 0 unspecified atom stereocenters. The summed E-state index contributed by atoms with van der Waals surface area (Å²) in [6.07, 6.45) is 1.22. The highest BCUT2D eigenvalue weighted by atomic mass is 32.2. The van der Waals surface area contributed by atoms with Crippen LogP contribution in [0.1, 0.15) is 11.5 Å². The Balaban J connectivity index is 1.92. The van der Waals surface area contributed by atoms with E-state index in [9.17, 15) is 13.5 Å². The lowest BCUT2D eigenvalue weighted by Gasteiger charge is -2.02. The van der Waals surface area contributed by atoms with Crippen molar-refractivity contribution in [1.82, 2.24) is 0 Å². The molecule has 0 saturated heterocycles. The van der Waals surface area contributed by atoms with Crippen LogP contribution < -0.4 is 9.47 Å². The van der Waals surface area contributed by atoms with E-state index in [-0.39, 0.29) is 25.2 Å². The van der Waals surface area contributed by atoms with Crippen LogP contribution in [0, 0.1) is 5.92 Å². The molecule has 1 saturated carbocycles. The van der Waals surface area contributed by atoms with Crippen LogP contribution in [-0.4, -0.2) is 38.4 Å². The van der Waals surface area contributed by atoms with Gasteiger partial charge in [0, 0.05) is 24.7 Å². The number of fused-ring (bicyclic) bond motifs is 1. The first-order chi connectivity index (χ1) is 8.52. The van der Waals surface area contributed by atoms with Gasteiger partial charge in [0.1, 0.15) is 0 Å². The monoisotopic (exact) mass is 270 g/mol. The Morgan fingerprint density at radius 3 is 2.67 bits per heavy atom. The summed E-state index contributed by atoms with van der Waals surface area (Å²) >= 11 is 0. The minimum atomic E-state index is -3.13. The number of rotatable bonds is 3. The maximum absolute atomic E-state index is 11.6. The normalized spacial score (nSPS) is 29.3. The van der Waals surface area contributed by atoms with Gasteiger partial charge in [0.15, 0.2) is 21.3 Å². The Morgan fingerprint density at radius 2 is 2.06 bits per heavy atom. The number of ether oxygens (including phenoxy) is 2. The first kappa shape index (κ1) is 11.8. The second-order valence-electron chi connectivity index (χ2n) is 4.78. The maximum Gasteiger partial charge on any atom is 0.231 e. The van der Waals surface area contributed by atoms with Crippen molar-refractivity contribution >= 4 is 9.84 Å². The van der Waals surface area contributed by atoms with Crippen LogP contribution in [0.5, 0.6) is 11.5 Å². The quantitative estimate of drug-likeness (QED) is 0.867. The van der Waals surface area contributed by atoms with Gasteiger partial charge < -0.3 is 14.6 Å². The summed E-state index contributed by atoms with van der Waals surface area (Å²) < 4.78 is 33.7. The van der Waals surface area contributed by atoms with Crippen LogP contribution in [0.15, 0.2) is 18.2 Å². The van der Waals surface area contributed by atoms with Crippen LogP contribution in [-0.2, 0) is 9.84 Å². The molecule has 1 aromatic rings. The van der Waals surface area contributed by atoms with Crippen LogP contribution in [0.2, 0.25) is 0 Å². The fourth-order valence-corrected chi connectivity index (χ4v) is 4.39. The minimum absolute atomic E-state index is 0.114. The van der Waals surface area contributed by atoms with E-state index in [2.05, 4.69) is 0 Å². The number of aliphatic hydroxyl groups excluding tert-OH is 1. The Morgan fingerprint density at radius 1 is 1.33 bits per heavy atom. The van der Waals surface area contributed by atoms with Gasteiger partial charge in [0.2, 0.25) is 6.79 Å². The fraction of sp³-hybridized carbons (Fsp3) is 0.500. The minimum Gasteiger partial charge on any atom is -0.454 e. The van der Waals surface area contributed by atoms with E-state index in [0.29, 0.717) is 11.5 Å². The lowest BCUT2D eigenvalue weighted by atomic mass is 10.1. The standard InChI is InChI=1S/C12H14O5S/c1-18(14,15)12-8(5-13)11(12)7-2-3-9-10(4-7)17-6-16-9/h2-4,8,11-13H,5-6H2,1H3/t8-,11+,12+/m1/s1. The third-order valence-electron chi connectivity index (χ3n) is 3.58. The van der Waals surface area contributed by atoms with Gasteiger partial charge >= 0.3 is 0 Å². The van der Waals surface area contributed by atoms with Crippen LogP contribution in [0.3, 0.4) is 0 Å². The SMILES string of the molecule is CS(=O)(=O)[C@H]1[C@H](CO)[C@@H]1c1ccc2c(c1)OCO2. The smallest absolute Gasteiger partial charge is 0.231 e. The highest BCUT2D eigenvalue weighted by molar-refractivity contribution is 7.91. The Labute approximate surface area is 105 Å². The average Bonchev–Trinajstić information content (AvgIpc) is 2.90.